The van der Waals surface area contributed by atoms with Crippen molar-refractivity contribution in [2.75, 3.05) is 19.0 Å². The molecule has 2 amide bonds. The third kappa shape index (κ3) is 4.43. The number of hydrogen-bond donors (Lipinski definition) is 1. The number of aryl methyl sites for hydroxylation is 1. The highest BCUT2D eigenvalue weighted by atomic mass is 19.1. The van der Waals surface area contributed by atoms with Gasteiger partial charge in [-0.2, -0.15) is 0 Å². The standard InChI is InChI=1S/C25H23FN2O3/c1-16-3-12-22-21(13-16)25(18-6-8-19(26)9-7-18)28(15-23(29)27-22)24(30)14-17-4-10-20(31-2)11-5-17/h3-13,25H,14-15H2,1-2H3,(H,27,29)/t25-/m0/s1. The molecule has 158 valence electrons. The quantitative estimate of drug-likeness (QED) is 0.689. The second kappa shape index (κ2) is 8.60. The number of benzene rings is 3. The van der Waals surface area contributed by atoms with Crippen LogP contribution in [-0.4, -0.2) is 30.4 Å². The molecule has 0 bridgehead atoms. The third-order valence-electron chi connectivity index (χ3n) is 5.42. The van der Waals surface area contributed by atoms with Crippen LogP contribution in [0.4, 0.5) is 10.1 Å². The van der Waals surface area contributed by atoms with E-state index in [0.717, 1.165) is 22.3 Å². The number of halogens is 1. The van der Waals surface area contributed by atoms with E-state index in [0.29, 0.717) is 11.4 Å². The SMILES string of the molecule is COc1ccc(CC(=O)N2CC(=O)Nc3ccc(C)cc3[C@@H]2c2ccc(F)cc2)cc1. The molecule has 1 aliphatic rings. The topological polar surface area (TPSA) is 58.6 Å². The Labute approximate surface area is 180 Å². The summed E-state index contributed by atoms with van der Waals surface area (Å²) < 4.78 is 18.8. The number of carbonyl (C=O) groups is 2. The van der Waals surface area contributed by atoms with Crippen LogP contribution in [0, 0.1) is 12.7 Å². The molecule has 6 heteroatoms. The largest absolute Gasteiger partial charge is 0.497 e. The first-order valence-corrected chi connectivity index (χ1v) is 10.0. The Morgan fingerprint density at radius 2 is 1.81 bits per heavy atom. The highest BCUT2D eigenvalue weighted by Crippen LogP contribution is 2.36. The van der Waals surface area contributed by atoms with E-state index in [1.165, 1.54) is 12.1 Å². The van der Waals surface area contributed by atoms with Gasteiger partial charge in [0.25, 0.3) is 0 Å². The van der Waals surface area contributed by atoms with Gasteiger partial charge in [-0.1, -0.05) is 42.0 Å². The molecule has 1 heterocycles. The van der Waals surface area contributed by atoms with Crippen LogP contribution in [0.5, 0.6) is 5.75 Å². The summed E-state index contributed by atoms with van der Waals surface area (Å²) >= 11 is 0. The van der Waals surface area contributed by atoms with Crippen molar-refractivity contribution in [1.29, 1.82) is 0 Å². The highest BCUT2D eigenvalue weighted by molar-refractivity contribution is 5.97. The predicted molar refractivity (Wildman–Crippen MR) is 116 cm³/mol. The molecule has 0 radical (unpaired) electrons. The van der Waals surface area contributed by atoms with Gasteiger partial charge < -0.3 is 15.0 Å². The minimum Gasteiger partial charge on any atom is -0.497 e. The maximum absolute atomic E-state index is 13.6. The van der Waals surface area contributed by atoms with E-state index in [4.69, 9.17) is 4.74 Å². The summed E-state index contributed by atoms with van der Waals surface area (Å²) in [6.45, 7) is 1.86. The Kier molecular flexibility index (Phi) is 5.71. The molecule has 3 aromatic rings. The fraction of sp³-hybridized carbons (Fsp3) is 0.200. The zero-order valence-corrected chi connectivity index (χ0v) is 17.4. The molecular formula is C25H23FN2O3. The van der Waals surface area contributed by atoms with E-state index < -0.39 is 6.04 Å². The van der Waals surface area contributed by atoms with E-state index >= 15 is 0 Å². The van der Waals surface area contributed by atoms with Crippen LogP contribution in [0.25, 0.3) is 0 Å². The zero-order chi connectivity index (χ0) is 22.0. The van der Waals surface area contributed by atoms with E-state index in [1.54, 1.807) is 36.3 Å². The number of amides is 2. The second-order valence-corrected chi connectivity index (χ2v) is 7.64. The van der Waals surface area contributed by atoms with Gasteiger partial charge in [0.1, 0.15) is 18.1 Å². The molecule has 1 atom stereocenters. The van der Waals surface area contributed by atoms with E-state index in [9.17, 15) is 14.0 Å². The Bertz CT molecular complexity index is 1110. The summed E-state index contributed by atoms with van der Waals surface area (Å²) in [6, 6.07) is 18.5. The number of anilines is 1. The van der Waals surface area contributed by atoms with Crippen molar-refractivity contribution in [3.8, 4) is 5.75 Å². The summed E-state index contributed by atoms with van der Waals surface area (Å²) in [5.41, 5.74) is 4.03. The lowest BCUT2D eigenvalue weighted by Crippen LogP contribution is -2.39. The van der Waals surface area contributed by atoms with Crippen LogP contribution in [-0.2, 0) is 16.0 Å². The number of nitrogens with one attached hydrogen (secondary N) is 1. The maximum Gasteiger partial charge on any atom is 0.244 e. The van der Waals surface area contributed by atoms with Crippen LogP contribution < -0.4 is 10.1 Å². The second-order valence-electron chi connectivity index (χ2n) is 7.64. The molecule has 0 spiro atoms. The first-order chi connectivity index (χ1) is 14.9. The molecular weight excluding hydrogens is 395 g/mol. The average molecular weight is 418 g/mol. The van der Waals surface area contributed by atoms with Gasteiger partial charge in [0.15, 0.2) is 0 Å². The number of rotatable bonds is 4. The van der Waals surface area contributed by atoms with Crippen LogP contribution in [0.3, 0.4) is 0 Å². The lowest BCUT2D eigenvalue weighted by Gasteiger charge is -2.31. The Hall–Kier alpha value is -3.67. The summed E-state index contributed by atoms with van der Waals surface area (Å²) in [7, 11) is 1.59. The Balaban J connectivity index is 1.76. The van der Waals surface area contributed by atoms with E-state index in [1.807, 2.05) is 37.3 Å². The Morgan fingerprint density at radius 1 is 1.10 bits per heavy atom. The van der Waals surface area contributed by atoms with Gasteiger partial charge in [-0.25, -0.2) is 4.39 Å². The lowest BCUT2D eigenvalue weighted by atomic mass is 9.94. The molecule has 0 saturated carbocycles. The highest BCUT2D eigenvalue weighted by Gasteiger charge is 2.33. The average Bonchev–Trinajstić information content (AvgIpc) is 2.90. The molecule has 1 N–H and O–H groups in total. The van der Waals surface area contributed by atoms with Crippen molar-refractivity contribution in [1.82, 2.24) is 4.90 Å². The summed E-state index contributed by atoms with van der Waals surface area (Å²) in [6.07, 6.45) is 0.135. The van der Waals surface area contributed by atoms with Crippen molar-refractivity contribution < 1.29 is 18.7 Å². The molecule has 0 aromatic heterocycles. The lowest BCUT2D eigenvalue weighted by molar-refractivity contribution is -0.135. The normalized spacial score (nSPS) is 15.6. The molecule has 1 aliphatic heterocycles. The van der Waals surface area contributed by atoms with Crippen molar-refractivity contribution in [2.24, 2.45) is 0 Å². The van der Waals surface area contributed by atoms with Crippen LogP contribution in [0.15, 0.2) is 66.7 Å². The molecule has 4 rings (SSSR count). The van der Waals surface area contributed by atoms with Crippen molar-refractivity contribution >= 4 is 17.5 Å². The minimum absolute atomic E-state index is 0.0925. The van der Waals surface area contributed by atoms with Gasteiger partial charge in [-0.3, -0.25) is 9.59 Å². The van der Waals surface area contributed by atoms with Gasteiger partial charge in [0.05, 0.1) is 19.6 Å². The van der Waals surface area contributed by atoms with Gasteiger partial charge in [-0.05, 0) is 48.4 Å². The Morgan fingerprint density at radius 3 is 2.48 bits per heavy atom. The fourth-order valence-corrected chi connectivity index (χ4v) is 3.88. The van der Waals surface area contributed by atoms with Crippen LogP contribution >= 0.6 is 0 Å². The molecule has 5 nitrogen and oxygen atoms in total. The van der Waals surface area contributed by atoms with Gasteiger partial charge in [0, 0.05) is 11.3 Å². The number of nitrogens with zero attached hydrogens (tertiary/aromatic N) is 1. The zero-order valence-electron chi connectivity index (χ0n) is 17.4. The number of fused-ring (bicyclic) bond motifs is 1. The molecule has 0 saturated heterocycles. The van der Waals surface area contributed by atoms with Crippen molar-refractivity contribution in [3.05, 3.63) is 94.8 Å². The smallest absolute Gasteiger partial charge is 0.244 e. The predicted octanol–water partition coefficient (Wildman–Crippen LogP) is 4.26. The molecule has 0 unspecified atom stereocenters. The van der Waals surface area contributed by atoms with Gasteiger partial charge in [-0.15, -0.1) is 0 Å². The van der Waals surface area contributed by atoms with Gasteiger partial charge in [0.2, 0.25) is 11.8 Å². The molecule has 31 heavy (non-hydrogen) atoms. The third-order valence-corrected chi connectivity index (χ3v) is 5.42. The molecule has 0 fully saturated rings. The number of carbonyl (C=O) groups excluding carboxylic acids is 2. The molecule has 3 aromatic carbocycles. The number of methoxy groups -OCH3 is 1. The van der Waals surface area contributed by atoms with Crippen molar-refractivity contribution in [2.45, 2.75) is 19.4 Å². The molecule has 0 aliphatic carbocycles. The van der Waals surface area contributed by atoms with Gasteiger partial charge >= 0.3 is 0 Å². The van der Waals surface area contributed by atoms with Crippen molar-refractivity contribution in [3.63, 3.8) is 0 Å². The first kappa shape index (κ1) is 20.6. The number of hydrogen-bond acceptors (Lipinski definition) is 3. The fourth-order valence-electron chi connectivity index (χ4n) is 3.88. The van der Waals surface area contributed by atoms with Crippen LogP contribution in [0.2, 0.25) is 0 Å². The summed E-state index contributed by atoms with van der Waals surface area (Å²) in [4.78, 5) is 27.6. The summed E-state index contributed by atoms with van der Waals surface area (Å²) in [5.74, 6) is -0.104. The maximum atomic E-state index is 13.6. The minimum atomic E-state index is -0.514. The summed E-state index contributed by atoms with van der Waals surface area (Å²) in [5, 5.41) is 2.90. The monoisotopic (exact) mass is 418 g/mol. The first-order valence-electron chi connectivity index (χ1n) is 10.0. The van der Waals surface area contributed by atoms with E-state index in [2.05, 4.69) is 5.32 Å². The number of ether oxygens (including phenoxy) is 1. The van der Waals surface area contributed by atoms with Crippen LogP contribution in [0.1, 0.15) is 28.3 Å². The van der Waals surface area contributed by atoms with E-state index in [-0.39, 0.29) is 30.6 Å².